The van der Waals surface area contributed by atoms with Gasteiger partial charge < -0.3 is 5.73 Å². The number of aromatic amines is 1. The highest BCUT2D eigenvalue weighted by Gasteiger charge is 2.10. The Morgan fingerprint density at radius 3 is 2.73 bits per heavy atom. The summed E-state index contributed by atoms with van der Waals surface area (Å²) in [6, 6.07) is 7.68. The molecule has 1 unspecified atom stereocenters. The van der Waals surface area contributed by atoms with Crippen LogP contribution >= 0.6 is 15.9 Å². The number of nitrogens with two attached hydrogens (primary N) is 1. The van der Waals surface area contributed by atoms with Crippen molar-refractivity contribution in [1.29, 1.82) is 0 Å². The molecule has 0 bridgehead atoms. The Morgan fingerprint density at radius 2 is 2.13 bits per heavy atom. The molecule has 2 rings (SSSR count). The maximum Gasteiger partial charge on any atom is 0.182 e. The summed E-state index contributed by atoms with van der Waals surface area (Å²) in [7, 11) is 0. The Kier molecular flexibility index (Phi) is 2.83. The van der Waals surface area contributed by atoms with E-state index in [4.69, 9.17) is 5.73 Å². The van der Waals surface area contributed by atoms with Crippen molar-refractivity contribution in [2.45, 2.75) is 13.0 Å². The van der Waals surface area contributed by atoms with Crippen LogP contribution in [0.3, 0.4) is 0 Å². The van der Waals surface area contributed by atoms with Gasteiger partial charge in [-0.05, 0) is 19.1 Å². The molecule has 0 aliphatic carbocycles. The summed E-state index contributed by atoms with van der Waals surface area (Å²) in [5.41, 5.74) is 6.66. The van der Waals surface area contributed by atoms with Crippen molar-refractivity contribution in [2.75, 3.05) is 0 Å². The number of halogens is 1. The smallest absolute Gasteiger partial charge is 0.182 e. The van der Waals surface area contributed by atoms with Crippen molar-refractivity contribution in [3.63, 3.8) is 0 Å². The van der Waals surface area contributed by atoms with Gasteiger partial charge in [0.25, 0.3) is 0 Å². The van der Waals surface area contributed by atoms with Gasteiger partial charge >= 0.3 is 0 Å². The molecular weight excluding hydrogens is 256 g/mol. The molecule has 4 nitrogen and oxygen atoms in total. The van der Waals surface area contributed by atoms with Gasteiger partial charge in [0.2, 0.25) is 0 Å². The highest BCUT2D eigenvalue weighted by Crippen LogP contribution is 2.25. The number of rotatable bonds is 2. The standard InChI is InChI=1S/C10H11BrN4/c1-6(12)9-13-10(15-14-9)7-4-2-3-5-8(7)11/h2-6H,12H2,1H3,(H,13,14,15). The second-order valence-electron chi connectivity index (χ2n) is 3.31. The first kappa shape index (κ1) is 10.3. The van der Waals surface area contributed by atoms with Gasteiger partial charge in [-0.25, -0.2) is 4.98 Å². The van der Waals surface area contributed by atoms with Gasteiger partial charge in [-0.1, -0.05) is 28.1 Å². The van der Waals surface area contributed by atoms with Crippen LogP contribution in [0.25, 0.3) is 11.4 Å². The van der Waals surface area contributed by atoms with Gasteiger partial charge in [0.05, 0.1) is 6.04 Å². The van der Waals surface area contributed by atoms with E-state index in [0.29, 0.717) is 11.6 Å². The molecular formula is C10H11BrN4. The number of aromatic nitrogens is 3. The predicted octanol–water partition coefficient (Wildman–Crippen LogP) is 2.25. The van der Waals surface area contributed by atoms with E-state index in [1.54, 1.807) is 0 Å². The average Bonchev–Trinajstić information content (AvgIpc) is 2.67. The van der Waals surface area contributed by atoms with E-state index >= 15 is 0 Å². The van der Waals surface area contributed by atoms with Gasteiger partial charge in [-0.2, -0.15) is 5.10 Å². The quantitative estimate of drug-likeness (QED) is 0.876. The fourth-order valence-electron chi connectivity index (χ4n) is 1.24. The van der Waals surface area contributed by atoms with Crippen LogP contribution in [0.15, 0.2) is 28.7 Å². The summed E-state index contributed by atoms with van der Waals surface area (Å²) in [6.07, 6.45) is 0. The normalized spacial score (nSPS) is 12.7. The Morgan fingerprint density at radius 1 is 1.40 bits per heavy atom. The Hall–Kier alpha value is -1.20. The Labute approximate surface area is 96.0 Å². The summed E-state index contributed by atoms with van der Waals surface area (Å²) >= 11 is 3.45. The fourth-order valence-corrected chi connectivity index (χ4v) is 1.70. The maximum absolute atomic E-state index is 5.70. The van der Waals surface area contributed by atoms with Gasteiger partial charge in [-0.15, -0.1) is 0 Å². The third-order valence-electron chi connectivity index (χ3n) is 2.05. The van der Waals surface area contributed by atoms with Crippen LogP contribution in [0.2, 0.25) is 0 Å². The average molecular weight is 267 g/mol. The lowest BCUT2D eigenvalue weighted by Gasteiger charge is -1.98. The molecule has 0 aliphatic heterocycles. The summed E-state index contributed by atoms with van der Waals surface area (Å²) in [5.74, 6) is 1.36. The first-order valence-electron chi connectivity index (χ1n) is 4.61. The zero-order chi connectivity index (χ0) is 10.8. The van der Waals surface area contributed by atoms with E-state index in [2.05, 4.69) is 31.1 Å². The van der Waals surface area contributed by atoms with Gasteiger partial charge in [0.15, 0.2) is 5.82 Å². The molecule has 5 heteroatoms. The zero-order valence-electron chi connectivity index (χ0n) is 8.24. The minimum atomic E-state index is -0.131. The number of nitrogens with zero attached hydrogens (tertiary/aromatic N) is 2. The molecule has 1 atom stereocenters. The second-order valence-corrected chi connectivity index (χ2v) is 4.17. The third-order valence-corrected chi connectivity index (χ3v) is 2.74. The maximum atomic E-state index is 5.70. The summed E-state index contributed by atoms with van der Waals surface area (Å²) in [5, 5.41) is 6.95. The largest absolute Gasteiger partial charge is 0.322 e. The first-order chi connectivity index (χ1) is 7.18. The topological polar surface area (TPSA) is 67.6 Å². The molecule has 2 aromatic rings. The molecule has 1 heterocycles. The van der Waals surface area contributed by atoms with Crippen LogP contribution < -0.4 is 5.73 Å². The fraction of sp³-hybridized carbons (Fsp3) is 0.200. The number of H-pyrrole nitrogens is 1. The van der Waals surface area contributed by atoms with Crippen LogP contribution in [-0.2, 0) is 0 Å². The number of nitrogens with one attached hydrogen (secondary N) is 1. The van der Waals surface area contributed by atoms with E-state index in [9.17, 15) is 0 Å². The zero-order valence-corrected chi connectivity index (χ0v) is 9.82. The monoisotopic (exact) mass is 266 g/mol. The van der Waals surface area contributed by atoms with Crippen molar-refractivity contribution in [3.8, 4) is 11.4 Å². The molecule has 0 saturated heterocycles. The molecule has 78 valence electrons. The van der Waals surface area contributed by atoms with Crippen molar-refractivity contribution in [2.24, 2.45) is 5.73 Å². The molecule has 0 amide bonds. The number of hydrogen-bond donors (Lipinski definition) is 2. The summed E-state index contributed by atoms with van der Waals surface area (Å²) in [6.45, 7) is 1.87. The molecule has 0 aliphatic rings. The van der Waals surface area contributed by atoms with Crippen LogP contribution in [0.4, 0.5) is 0 Å². The minimum absolute atomic E-state index is 0.131. The molecule has 3 N–H and O–H groups in total. The first-order valence-corrected chi connectivity index (χ1v) is 5.40. The molecule has 1 aromatic carbocycles. The van der Waals surface area contributed by atoms with Crippen molar-refractivity contribution < 1.29 is 0 Å². The van der Waals surface area contributed by atoms with Crippen molar-refractivity contribution in [3.05, 3.63) is 34.6 Å². The molecule has 15 heavy (non-hydrogen) atoms. The van der Waals surface area contributed by atoms with Crippen LogP contribution in [0.1, 0.15) is 18.8 Å². The van der Waals surface area contributed by atoms with Crippen LogP contribution in [0, 0.1) is 0 Å². The minimum Gasteiger partial charge on any atom is -0.322 e. The highest BCUT2D eigenvalue weighted by atomic mass is 79.9. The number of benzene rings is 1. The SMILES string of the molecule is CC(N)c1nc(-c2ccccc2Br)n[nH]1. The predicted molar refractivity (Wildman–Crippen MR) is 62.1 cm³/mol. The molecule has 1 aromatic heterocycles. The molecule has 0 spiro atoms. The Bertz CT molecular complexity index is 464. The van der Waals surface area contributed by atoms with Crippen LogP contribution in [0.5, 0.6) is 0 Å². The lowest BCUT2D eigenvalue weighted by atomic mass is 10.2. The molecule has 0 fully saturated rings. The van der Waals surface area contributed by atoms with Gasteiger partial charge in [-0.3, -0.25) is 5.10 Å². The van der Waals surface area contributed by atoms with E-state index in [-0.39, 0.29) is 6.04 Å². The van der Waals surface area contributed by atoms with E-state index in [1.807, 2.05) is 31.2 Å². The van der Waals surface area contributed by atoms with E-state index < -0.39 is 0 Å². The highest BCUT2D eigenvalue weighted by molar-refractivity contribution is 9.10. The molecule has 0 saturated carbocycles. The third kappa shape index (κ3) is 2.08. The summed E-state index contributed by atoms with van der Waals surface area (Å²) in [4.78, 5) is 4.32. The van der Waals surface area contributed by atoms with Crippen molar-refractivity contribution >= 4 is 15.9 Å². The second kappa shape index (κ2) is 4.12. The van der Waals surface area contributed by atoms with Crippen molar-refractivity contribution in [1.82, 2.24) is 15.2 Å². The van der Waals surface area contributed by atoms with Crippen LogP contribution in [-0.4, -0.2) is 15.2 Å². The Balaban J connectivity index is 2.42. The number of hydrogen-bond acceptors (Lipinski definition) is 3. The van der Waals surface area contributed by atoms with Gasteiger partial charge in [0, 0.05) is 10.0 Å². The molecule has 0 radical (unpaired) electrons. The van der Waals surface area contributed by atoms with E-state index in [1.165, 1.54) is 0 Å². The lowest BCUT2D eigenvalue weighted by molar-refractivity contribution is 0.745. The van der Waals surface area contributed by atoms with E-state index in [0.717, 1.165) is 10.0 Å². The lowest BCUT2D eigenvalue weighted by Crippen LogP contribution is -2.06. The summed E-state index contributed by atoms with van der Waals surface area (Å²) < 4.78 is 0.972. The van der Waals surface area contributed by atoms with Gasteiger partial charge in [0.1, 0.15) is 5.82 Å².